The number of hydrazone groups is 1. The van der Waals surface area contributed by atoms with Gasteiger partial charge >= 0.3 is 0 Å². The lowest BCUT2D eigenvalue weighted by atomic mass is 10.0. The molecule has 2 aromatic heterocycles. The average Bonchev–Trinajstić information content (AvgIpc) is 3.36. The Hall–Kier alpha value is -3.60. The zero-order valence-electron chi connectivity index (χ0n) is 16.6. The summed E-state index contributed by atoms with van der Waals surface area (Å²) in [5.41, 5.74) is 9.93. The molecule has 0 radical (unpaired) electrons. The maximum Gasteiger partial charge on any atom is 0.293 e. The van der Waals surface area contributed by atoms with E-state index in [1.165, 1.54) is 11.1 Å². The summed E-state index contributed by atoms with van der Waals surface area (Å²) >= 11 is 0. The molecule has 1 unspecified atom stereocenters. The molecule has 156 valence electrons. The minimum absolute atomic E-state index is 0.0712. The normalized spacial score (nSPS) is 17.4. The van der Waals surface area contributed by atoms with Crippen LogP contribution in [-0.2, 0) is 6.54 Å². The van der Waals surface area contributed by atoms with Crippen molar-refractivity contribution in [3.63, 3.8) is 0 Å². The van der Waals surface area contributed by atoms with Gasteiger partial charge in [0.2, 0.25) is 11.6 Å². The number of hydrogen-bond acceptors (Lipinski definition) is 9. The Morgan fingerprint density at radius 1 is 1.33 bits per heavy atom. The molecule has 11 nitrogen and oxygen atoms in total. The maximum absolute atomic E-state index is 12.8. The lowest BCUT2D eigenvalue weighted by Crippen LogP contribution is -2.38. The van der Waals surface area contributed by atoms with E-state index in [1.54, 1.807) is 6.21 Å². The Morgan fingerprint density at radius 3 is 2.90 bits per heavy atom. The van der Waals surface area contributed by atoms with Gasteiger partial charge in [0.25, 0.3) is 5.91 Å². The minimum Gasteiger partial charge on any atom is -0.378 e. The van der Waals surface area contributed by atoms with E-state index in [-0.39, 0.29) is 17.3 Å². The van der Waals surface area contributed by atoms with Gasteiger partial charge in [0.05, 0.1) is 11.9 Å². The van der Waals surface area contributed by atoms with E-state index in [4.69, 9.17) is 10.4 Å². The van der Waals surface area contributed by atoms with Crippen LogP contribution < -0.4 is 11.2 Å². The van der Waals surface area contributed by atoms with Crippen molar-refractivity contribution in [2.24, 2.45) is 5.10 Å². The number of anilines is 1. The molecule has 3 heterocycles. The predicted molar refractivity (Wildman–Crippen MR) is 109 cm³/mol. The molecular weight excluding hydrogens is 386 g/mol. The van der Waals surface area contributed by atoms with Gasteiger partial charge < -0.3 is 5.73 Å². The van der Waals surface area contributed by atoms with Crippen molar-refractivity contribution in [3.05, 3.63) is 47.3 Å². The highest BCUT2D eigenvalue weighted by Gasteiger charge is 2.27. The van der Waals surface area contributed by atoms with Crippen molar-refractivity contribution in [2.45, 2.75) is 38.8 Å². The lowest BCUT2D eigenvalue weighted by Gasteiger charge is -2.33. The molecule has 3 N–H and O–H groups in total. The molecule has 1 fully saturated rings. The number of nitrogens with two attached hydrogens (primary N) is 1. The van der Waals surface area contributed by atoms with Gasteiger partial charge in [-0.3, -0.25) is 9.69 Å². The number of likely N-dealkylation sites (tertiary alicyclic amines) is 1. The number of piperidine rings is 1. The van der Waals surface area contributed by atoms with E-state index >= 15 is 0 Å². The highest BCUT2D eigenvalue weighted by atomic mass is 16.6. The van der Waals surface area contributed by atoms with Gasteiger partial charge in [-0.1, -0.05) is 42.0 Å². The van der Waals surface area contributed by atoms with Crippen LogP contribution in [0.4, 0.5) is 5.82 Å². The number of aromatic nitrogens is 5. The number of nitrogens with one attached hydrogen (secondary N) is 1. The van der Waals surface area contributed by atoms with Gasteiger partial charge in [-0.05, 0) is 42.2 Å². The van der Waals surface area contributed by atoms with Crippen LogP contribution in [0.5, 0.6) is 0 Å². The third-order valence-electron chi connectivity index (χ3n) is 5.15. The van der Waals surface area contributed by atoms with Crippen LogP contribution in [0.25, 0.3) is 5.82 Å². The fraction of sp³-hybridized carbons (Fsp3) is 0.368. The summed E-state index contributed by atoms with van der Waals surface area (Å²) in [6.45, 7) is 3.56. The van der Waals surface area contributed by atoms with Gasteiger partial charge in [-0.25, -0.2) is 10.1 Å². The Balaban J connectivity index is 1.60. The molecule has 30 heavy (non-hydrogen) atoms. The van der Waals surface area contributed by atoms with Crippen molar-refractivity contribution in [1.82, 2.24) is 35.6 Å². The third-order valence-corrected chi connectivity index (χ3v) is 5.15. The number of rotatable bonds is 6. The Bertz CT molecular complexity index is 1030. The summed E-state index contributed by atoms with van der Waals surface area (Å²) in [5, 5.41) is 19.6. The molecule has 0 bridgehead atoms. The number of amides is 1. The molecule has 4 rings (SSSR count). The van der Waals surface area contributed by atoms with E-state index in [9.17, 15) is 4.79 Å². The average molecular weight is 409 g/mol. The second-order valence-electron chi connectivity index (χ2n) is 7.19. The van der Waals surface area contributed by atoms with Crippen molar-refractivity contribution >= 4 is 17.9 Å². The van der Waals surface area contributed by atoms with Gasteiger partial charge in [0.15, 0.2) is 5.69 Å². The van der Waals surface area contributed by atoms with Crippen LogP contribution in [0.1, 0.15) is 47.9 Å². The molecule has 1 saturated heterocycles. The monoisotopic (exact) mass is 409 g/mol. The molecule has 0 aliphatic carbocycles. The van der Waals surface area contributed by atoms with E-state index in [1.807, 2.05) is 30.3 Å². The van der Waals surface area contributed by atoms with Crippen molar-refractivity contribution < 1.29 is 9.42 Å². The van der Waals surface area contributed by atoms with Crippen LogP contribution in [0.3, 0.4) is 0 Å². The standard InChI is InChI=1S/C19H23N9O2/c1-13-7-5-6-10-27(13)12-15-16(22-26-28(15)18-17(20)24-30-25-18)19(29)23-21-11-14-8-3-2-4-9-14/h2-4,8-9,11,13H,5-7,10,12H2,1H3,(H2,20,24)(H,23,29)/b21-11-. The molecule has 1 amide bonds. The summed E-state index contributed by atoms with van der Waals surface area (Å²) in [6.07, 6.45) is 4.95. The molecule has 1 aliphatic heterocycles. The van der Waals surface area contributed by atoms with E-state index in [2.05, 4.69) is 43.0 Å². The molecule has 11 heteroatoms. The number of nitrogen functional groups attached to an aromatic ring is 1. The Labute approximate surface area is 172 Å². The first-order valence-electron chi connectivity index (χ1n) is 9.79. The molecule has 0 spiro atoms. The highest BCUT2D eigenvalue weighted by Crippen LogP contribution is 2.22. The minimum atomic E-state index is -0.469. The van der Waals surface area contributed by atoms with E-state index < -0.39 is 5.91 Å². The van der Waals surface area contributed by atoms with Gasteiger partial charge in [-0.2, -0.15) is 9.78 Å². The summed E-state index contributed by atoms with van der Waals surface area (Å²) in [4.78, 5) is 15.1. The van der Waals surface area contributed by atoms with Crippen LogP contribution >= 0.6 is 0 Å². The fourth-order valence-electron chi connectivity index (χ4n) is 3.47. The van der Waals surface area contributed by atoms with E-state index in [0.717, 1.165) is 24.9 Å². The molecule has 1 atom stereocenters. The molecule has 3 aromatic rings. The molecule has 0 saturated carbocycles. The quantitative estimate of drug-likeness (QED) is 0.459. The summed E-state index contributed by atoms with van der Waals surface area (Å²) in [7, 11) is 0. The van der Waals surface area contributed by atoms with Gasteiger partial charge in [0.1, 0.15) is 0 Å². The first-order chi connectivity index (χ1) is 14.6. The van der Waals surface area contributed by atoms with Crippen molar-refractivity contribution in [1.29, 1.82) is 0 Å². The smallest absolute Gasteiger partial charge is 0.293 e. The molecule has 1 aliphatic rings. The number of nitrogens with zero attached hydrogens (tertiary/aromatic N) is 7. The Morgan fingerprint density at radius 2 is 2.17 bits per heavy atom. The van der Waals surface area contributed by atoms with Crippen molar-refractivity contribution in [3.8, 4) is 5.82 Å². The first kappa shape index (κ1) is 19.7. The van der Waals surface area contributed by atoms with Crippen LogP contribution in [-0.4, -0.2) is 54.9 Å². The maximum atomic E-state index is 12.8. The Kier molecular flexibility index (Phi) is 5.80. The second-order valence-corrected chi connectivity index (χ2v) is 7.19. The number of carbonyl (C=O) groups excluding carboxylic acids is 1. The molecular formula is C19H23N9O2. The summed E-state index contributed by atoms with van der Waals surface area (Å²) in [5.74, 6) is -0.195. The van der Waals surface area contributed by atoms with Crippen LogP contribution in [0.15, 0.2) is 40.1 Å². The van der Waals surface area contributed by atoms with E-state index in [0.29, 0.717) is 18.3 Å². The lowest BCUT2D eigenvalue weighted by molar-refractivity contribution is 0.0945. The van der Waals surface area contributed by atoms with Gasteiger partial charge in [-0.15, -0.1) is 5.10 Å². The predicted octanol–water partition coefficient (Wildman–Crippen LogP) is 1.37. The topological polar surface area (TPSA) is 140 Å². The van der Waals surface area contributed by atoms with Crippen LogP contribution in [0, 0.1) is 0 Å². The van der Waals surface area contributed by atoms with Crippen molar-refractivity contribution in [2.75, 3.05) is 12.3 Å². The highest BCUT2D eigenvalue weighted by molar-refractivity contribution is 5.94. The number of benzene rings is 1. The number of hydrogen-bond donors (Lipinski definition) is 2. The fourth-order valence-corrected chi connectivity index (χ4v) is 3.47. The van der Waals surface area contributed by atoms with Crippen LogP contribution in [0.2, 0.25) is 0 Å². The first-order valence-corrected chi connectivity index (χ1v) is 9.79. The zero-order valence-corrected chi connectivity index (χ0v) is 16.6. The SMILES string of the molecule is CC1CCCCN1Cc1c(C(=O)N/N=C\c2ccccc2)nnn1-c1nonc1N. The number of carbonyl (C=O) groups is 1. The summed E-state index contributed by atoms with van der Waals surface area (Å²) in [6, 6.07) is 9.84. The second kappa shape index (κ2) is 8.82. The zero-order chi connectivity index (χ0) is 20.9. The molecule has 1 aromatic carbocycles. The summed E-state index contributed by atoms with van der Waals surface area (Å²) < 4.78 is 6.10. The van der Waals surface area contributed by atoms with Gasteiger partial charge in [0, 0.05) is 12.6 Å². The third kappa shape index (κ3) is 4.20. The largest absolute Gasteiger partial charge is 0.378 e.